The number of aromatic nitrogens is 2. The normalized spacial score (nSPS) is 11.3. The molecule has 3 nitrogen and oxygen atoms in total. The van der Waals surface area contributed by atoms with Gasteiger partial charge >= 0.3 is 6.18 Å². The topological polar surface area (TPSA) is 41.6 Å². The predicted molar refractivity (Wildman–Crippen MR) is 58.4 cm³/mol. The second kappa shape index (κ2) is 4.72. The Bertz CT molecular complexity index is 637. The monoisotopic (exact) mass is 269 g/mol. The molecule has 0 radical (unpaired) electrons. The van der Waals surface area contributed by atoms with Crippen LogP contribution in [0.1, 0.15) is 5.56 Å². The molecule has 2 rings (SSSR count). The lowest BCUT2D eigenvalue weighted by atomic mass is 10.1. The first-order chi connectivity index (χ1) is 8.89. The number of benzene rings is 1. The third kappa shape index (κ3) is 3.10. The van der Waals surface area contributed by atoms with Crippen molar-refractivity contribution in [2.75, 3.05) is 0 Å². The summed E-state index contributed by atoms with van der Waals surface area (Å²) < 4.78 is 50.8. The highest BCUT2D eigenvalue weighted by Gasteiger charge is 2.28. The van der Waals surface area contributed by atoms with Crippen molar-refractivity contribution in [2.24, 2.45) is 0 Å². The lowest BCUT2D eigenvalue weighted by Gasteiger charge is -2.05. The first-order valence-electron chi connectivity index (χ1n) is 5.18. The van der Waals surface area contributed by atoms with E-state index in [4.69, 9.17) is 5.26 Å². The summed E-state index contributed by atoms with van der Waals surface area (Å²) in [5, 5.41) is 12.2. The second-order valence-electron chi connectivity index (χ2n) is 3.85. The van der Waals surface area contributed by atoms with E-state index in [-0.39, 0.29) is 16.7 Å². The molecule has 0 saturated heterocycles. The lowest BCUT2D eigenvalue weighted by Crippen LogP contribution is -2.17. The molecule has 1 heterocycles. The third-order valence-electron chi connectivity index (χ3n) is 2.38. The van der Waals surface area contributed by atoms with Crippen LogP contribution in [0.5, 0.6) is 0 Å². The zero-order valence-corrected chi connectivity index (χ0v) is 9.45. The largest absolute Gasteiger partial charge is 0.408 e. The average molecular weight is 269 g/mol. The van der Waals surface area contributed by atoms with E-state index >= 15 is 0 Å². The van der Waals surface area contributed by atoms with Crippen molar-refractivity contribution in [2.45, 2.75) is 12.7 Å². The first-order valence-corrected chi connectivity index (χ1v) is 5.18. The number of rotatable bonds is 2. The average Bonchev–Trinajstić information content (AvgIpc) is 2.75. The van der Waals surface area contributed by atoms with Crippen LogP contribution in [0.25, 0.3) is 11.1 Å². The van der Waals surface area contributed by atoms with Crippen LogP contribution in [0.15, 0.2) is 30.6 Å². The molecule has 1 aromatic carbocycles. The van der Waals surface area contributed by atoms with E-state index in [9.17, 15) is 17.6 Å². The summed E-state index contributed by atoms with van der Waals surface area (Å²) in [6, 6.07) is 5.49. The number of hydrogen-bond donors (Lipinski definition) is 0. The smallest absolute Gasteiger partial charge is 0.263 e. The minimum absolute atomic E-state index is 0.0486. The maximum Gasteiger partial charge on any atom is 0.408 e. The van der Waals surface area contributed by atoms with Crippen LogP contribution in [0.3, 0.4) is 0 Å². The minimum atomic E-state index is -4.39. The molecule has 0 atom stereocenters. The van der Waals surface area contributed by atoms with Gasteiger partial charge in [0.1, 0.15) is 12.4 Å². The number of alkyl halides is 3. The van der Waals surface area contributed by atoms with Crippen LogP contribution >= 0.6 is 0 Å². The van der Waals surface area contributed by atoms with Crippen LogP contribution in [-0.2, 0) is 6.54 Å². The summed E-state index contributed by atoms with van der Waals surface area (Å²) in [5.74, 6) is -0.620. The highest BCUT2D eigenvalue weighted by molar-refractivity contribution is 5.64. The van der Waals surface area contributed by atoms with Crippen LogP contribution in [-0.4, -0.2) is 16.0 Å². The number of hydrogen-bond acceptors (Lipinski definition) is 2. The zero-order chi connectivity index (χ0) is 14.0. The maximum absolute atomic E-state index is 13.6. The first kappa shape index (κ1) is 13.1. The van der Waals surface area contributed by atoms with Crippen LogP contribution in [0.4, 0.5) is 17.6 Å². The van der Waals surface area contributed by atoms with Gasteiger partial charge in [0.2, 0.25) is 0 Å². The van der Waals surface area contributed by atoms with Gasteiger partial charge in [-0.15, -0.1) is 0 Å². The summed E-state index contributed by atoms with van der Waals surface area (Å²) in [5.41, 5.74) is 0.464. The molecule has 0 aliphatic heterocycles. The molecule has 0 aliphatic rings. The van der Waals surface area contributed by atoms with E-state index in [1.54, 1.807) is 0 Å². The maximum atomic E-state index is 13.6. The molecule has 0 N–H and O–H groups in total. The standard InChI is InChI=1S/C12H7F4N3/c13-11-2-1-8(4-17)3-10(11)9-5-18-19(6-9)7-12(14,15)16/h1-3,5-6H,7H2. The Balaban J connectivity index is 2.36. The molecule has 0 unspecified atom stereocenters. The van der Waals surface area contributed by atoms with Gasteiger partial charge in [-0.1, -0.05) is 0 Å². The van der Waals surface area contributed by atoms with Gasteiger partial charge in [-0.2, -0.15) is 23.5 Å². The van der Waals surface area contributed by atoms with Gasteiger partial charge in [-0.25, -0.2) is 4.39 Å². The molecule has 0 fully saturated rings. The van der Waals surface area contributed by atoms with Gasteiger partial charge in [0, 0.05) is 17.3 Å². The van der Waals surface area contributed by atoms with Gasteiger partial charge < -0.3 is 0 Å². The van der Waals surface area contributed by atoms with E-state index in [2.05, 4.69) is 5.10 Å². The molecule has 19 heavy (non-hydrogen) atoms. The Hall–Kier alpha value is -2.36. The SMILES string of the molecule is N#Cc1ccc(F)c(-c2cnn(CC(F)(F)F)c2)c1. The van der Waals surface area contributed by atoms with Gasteiger partial charge in [0.15, 0.2) is 0 Å². The summed E-state index contributed by atoms with van der Waals surface area (Å²) >= 11 is 0. The highest BCUT2D eigenvalue weighted by Crippen LogP contribution is 2.24. The fourth-order valence-electron chi connectivity index (χ4n) is 1.59. The molecule has 1 aromatic heterocycles. The van der Waals surface area contributed by atoms with Crippen LogP contribution in [0.2, 0.25) is 0 Å². The van der Waals surface area contributed by atoms with Gasteiger partial charge in [-0.05, 0) is 18.2 Å². The molecule has 0 aliphatic carbocycles. The summed E-state index contributed by atoms with van der Waals surface area (Å²) in [4.78, 5) is 0. The van der Waals surface area contributed by atoms with Gasteiger partial charge in [0.25, 0.3) is 0 Å². The van der Waals surface area contributed by atoms with E-state index in [1.165, 1.54) is 12.1 Å². The summed E-state index contributed by atoms with van der Waals surface area (Å²) in [6.45, 7) is -1.24. The molecular formula is C12H7F4N3. The van der Waals surface area contributed by atoms with Crippen molar-refractivity contribution in [3.05, 3.63) is 42.0 Å². The van der Waals surface area contributed by atoms with Crippen molar-refractivity contribution in [3.8, 4) is 17.2 Å². The van der Waals surface area contributed by atoms with Crippen molar-refractivity contribution >= 4 is 0 Å². The van der Waals surface area contributed by atoms with Crippen molar-refractivity contribution in [3.63, 3.8) is 0 Å². The lowest BCUT2D eigenvalue weighted by molar-refractivity contribution is -0.142. The van der Waals surface area contributed by atoms with Crippen molar-refractivity contribution in [1.29, 1.82) is 5.26 Å². The minimum Gasteiger partial charge on any atom is -0.263 e. The van der Waals surface area contributed by atoms with Gasteiger partial charge in [-0.3, -0.25) is 4.68 Å². The molecule has 7 heteroatoms. The Kier molecular flexibility index (Phi) is 3.25. The Labute approximate surface area is 105 Å². The third-order valence-corrected chi connectivity index (χ3v) is 2.38. The van der Waals surface area contributed by atoms with E-state index in [0.29, 0.717) is 4.68 Å². The fourth-order valence-corrected chi connectivity index (χ4v) is 1.59. The second-order valence-corrected chi connectivity index (χ2v) is 3.85. The molecule has 98 valence electrons. The highest BCUT2D eigenvalue weighted by atomic mass is 19.4. The van der Waals surface area contributed by atoms with Crippen LogP contribution < -0.4 is 0 Å². The molecule has 0 saturated carbocycles. The van der Waals surface area contributed by atoms with Crippen molar-refractivity contribution in [1.82, 2.24) is 9.78 Å². The van der Waals surface area contributed by atoms with E-state index < -0.39 is 18.5 Å². The number of nitriles is 1. The van der Waals surface area contributed by atoms with Gasteiger partial charge in [0.05, 0.1) is 17.8 Å². The number of halogens is 4. The molecule has 0 spiro atoms. The Morgan fingerprint density at radius 2 is 2.05 bits per heavy atom. The summed E-state index contributed by atoms with van der Waals surface area (Å²) in [7, 11) is 0. The fraction of sp³-hybridized carbons (Fsp3) is 0.167. The van der Waals surface area contributed by atoms with Crippen molar-refractivity contribution < 1.29 is 17.6 Å². The van der Waals surface area contributed by atoms with E-state index in [1.807, 2.05) is 6.07 Å². The summed E-state index contributed by atoms with van der Waals surface area (Å²) in [6.07, 6.45) is -2.17. The van der Waals surface area contributed by atoms with E-state index in [0.717, 1.165) is 18.5 Å². The molecule has 0 bridgehead atoms. The molecule has 0 amide bonds. The Morgan fingerprint density at radius 3 is 2.68 bits per heavy atom. The molecule has 2 aromatic rings. The predicted octanol–water partition coefficient (Wildman–Crippen LogP) is 3.12. The molecular weight excluding hydrogens is 262 g/mol. The quantitative estimate of drug-likeness (QED) is 0.786. The van der Waals surface area contributed by atoms with Crippen LogP contribution in [0, 0.1) is 17.1 Å². The Morgan fingerprint density at radius 1 is 1.32 bits per heavy atom. The number of nitrogens with zero attached hydrogens (tertiary/aromatic N) is 3. The zero-order valence-electron chi connectivity index (χ0n) is 9.45.